The van der Waals surface area contributed by atoms with E-state index in [4.69, 9.17) is 9.52 Å². The summed E-state index contributed by atoms with van der Waals surface area (Å²) in [5.74, 6) is -0.233. The van der Waals surface area contributed by atoms with Crippen LogP contribution in [0.25, 0.3) is 11.3 Å². The van der Waals surface area contributed by atoms with Crippen LogP contribution in [-0.4, -0.2) is 20.9 Å². The first-order valence-corrected chi connectivity index (χ1v) is 4.49. The summed E-state index contributed by atoms with van der Waals surface area (Å²) in [6.45, 7) is 1.57. The van der Waals surface area contributed by atoms with E-state index in [0.717, 1.165) is 5.56 Å². The minimum Gasteiger partial charge on any atom is -0.480 e. The van der Waals surface area contributed by atoms with Crippen LogP contribution in [0.15, 0.2) is 35.2 Å². The number of carboxylic acids is 1. The minimum atomic E-state index is -0.913. The number of hydrogen-bond acceptors (Lipinski definition) is 3. The molecule has 2 aromatic heterocycles. The van der Waals surface area contributed by atoms with Gasteiger partial charge in [0.05, 0.1) is 18.0 Å². The Hall–Kier alpha value is -2.04. The Morgan fingerprint density at radius 3 is 3.07 bits per heavy atom. The highest BCUT2D eigenvalue weighted by atomic mass is 16.4. The van der Waals surface area contributed by atoms with E-state index in [9.17, 15) is 4.79 Å². The second kappa shape index (κ2) is 3.61. The maximum atomic E-state index is 10.7. The van der Waals surface area contributed by atoms with E-state index in [0.29, 0.717) is 5.76 Å². The van der Waals surface area contributed by atoms with Crippen molar-refractivity contribution >= 4 is 5.97 Å². The fourth-order valence-electron chi connectivity index (χ4n) is 1.23. The molecular weight excluding hydrogens is 196 g/mol. The SMILES string of the molecule is CC(C(=O)O)n1cc(-c2ccco2)cn1. The Morgan fingerprint density at radius 2 is 2.47 bits per heavy atom. The van der Waals surface area contributed by atoms with Crippen LogP contribution in [0.1, 0.15) is 13.0 Å². The zero-order chi connectivity index (χ0) is 10.8. The van der Waals surface area contributed by atoms with Crippen LogP contribution in [0.2, 0.25) is 0 Å². The number of furan rings is 1. The molecule has 2 heterocycles. The molecule has 0 aliphatic rings. The van der Waals surface area contributed by atoms with Crippen LogP contribution < -0.4 is 0 Å². The van der Waals surface area contributed by atoms with E-state index in [1.165, 1.54) is 4.68 Å². The molecule has 0 spiro atoms. The van der Waals surface area contributed by atoms with E-state index >= 15 is 0 Å². The number of rotatable bonds is 3. The second-order valence-electron chi connectivity index (χ2n) is 3.20. The quantitative estimate of drug-likeness (QED) is 0.831. The normalized spacial score (nSPS) is 12.6. The van der Waals surface area contributed by atoms with E-state index in [2.05, 4.69) is 5.10 Å². The second-order valence-corrected chi connectivity index (χ2v) is 3.20. The van der Waals surface area contributed by atoms with Gasteiger partial charge in [0.1, 0.15) is 11.8 Å². The molecule has 15 heavy (non-hydrogen) atoms. The Morgan fingerprint density at radius 1 is 1.67 bits per heavy atom. The molecule has 5 nitrogen and oxygen atoms in total. The molecule has 0 bridgehead atoms. The zero-order valence-corrected chi connectivity index (χ0v) is 8.12. The summed E-state index contributed by atoms with van der Waals surface area (Å²) >= 11 is 0. The van der Waals surface area contributed by atoms with Crippen LogP contribution in [0.3, 0.4) is 0 Å². The van der Waals surface area contributed by atoms with Crippen LogP contribution in [0, 0.1) is 0 Å². The summed E-state index contributed by atoms with van der Waals surface area (Å²) in [7, 11) is 0. The number of aliphatic carboxylic acids is 1. The van der Waals surface area contributed by atoms with Gasteiger partial charge in [0, 0.05) is 6.20 Å². The average Bonchev–Trinajstić information content (AvgIpc) is 2.86. The lowest BCUT2D eigenvalue weighted by molar-refractivity contribution is -0.140. The molecule has 1 atom stereocenters. The van der Waals surface area contributed by atoms with Crippen molar-refractivity contribution in [3.05, 3.63) is 30.8 Å². The molecule has 0 saturated heterocycles. The predicted octanol–water partition coefficient (Wildman–Crippen LogP) is 1.79. The summed E-state index contributed by atoms with van der Waals surface area (Å²) in [6, 6.07) is 2.90. The third-order valence-electron chi connectivity index (χ3n) is 2.16. The van der Waals surface area contributed by atoms with Crippen molar-refractivity contribution in [3.8, 4) is 11.3 Å². The van der Waals surface area contributed by atoms with E-state index in [1.807, 2.05) is 0 Å². The molecule has 0 aliphatic carbocycles. The van der Waals surface area contributed by atoms with Gasteiger partial charge in [-0.25, -0.2) is 4.79 Å². The number of hydrogen-bond donors (Lipinski definition) is 1. The van der Waals surface area contributed by atoms with Crippen molar-refractivity contribution in [2.45, 2.75) is 13.0 Å². The van der Waals surface area contributed by atoms with Crippen LogP contribution in [-0.2, 0) is 4.79 Å². The molecule has 78 valence electrons. The summed E-state index contributed by atoms with van der Waals surface area (Å²) in [4.78, 5) is 10.7. The maximum Gasteiger partial charge on any atom is 0.328 e. The standard InChI is InChI=1S/C10H10N2O3/c1-7(10(13)14)12-6-8(5-11-12)9-3-2-4-15-9/h2-7H,1H3,(H,13,14). The van der Waals surface area contributed by atoms with Crippen molar-refractivity contribution in [2.24, 2.45) is 0 Å². The fraction of sp³-hybridized carbons (Fsp3) is 0.200. The van der Waals surface area contributed by atoms with Gasteiger partial charge >= 0.3 is 5.97 Å². The highest BCUT2D eigenvalue weighted by molar-refractivity contribution is 5.71. The van der Waals surface area contributed by atoms with Crippen molar-refractivity contribution in [3.63, 3.8) is 0 Å². The number of nitrogens with zero attached hydrogens (tertiary/aromatic N) is 2. The van der Waals surface area contributed by atoms with Crippen LogP contribution in [0.5, 0.6) is 0 Å². The van der Waals surface area contributed by atoms with Gasteiger partial charge in [0.25, 0.3) is 0 Å². The molecule has 0 radical (unpaired) electrons. The Balaban J connectivity index is 2.28. The third-order valence-corrected chi connectivity index (χ3v) is 2.16. The van der Waals surface area contributed by atoms with Gasteiger partial charge in [-0.2, -0.15) is 5.10 Å². The highest BCUT2D eigenvalue weighted by Gasteiger charge is 2.14. The average molecular weight is 206 g/mol. The van der Waals surface area contributed by atoms with Crippen molar-refractivity contribution < 1.29 is 14.3 Å². The van der Waals surface area contributed by atoms with Crippen molar-refractivity contribution in [1.29, 1.82) is 0 Å². The molecule has 2 rings (SSSR count). The van der Waals surface area contributed by atoms with Gasteiger partial charge in [0.15, 0.2) is 0 Å². The van der Waals surface area contributed by atoms with E-state index < -0.39 is 12.0 Å². The molecule has 2 aromatic rings. The Bertz CT molecular complexity index is 459. The molecular formula is C10H10N2O3. The molecule has 0 amide bonds. The van der Waals surface area contributed by atoms with Gasteiger partial charge in [-0.1, -0.05) is 0 Å². The lowest BCUT2D eigenvalue weighted by Gasteiger charge is -2.04. The predicted molar refractivity (Wildman–Crippen MR) is 52.3 cm³/mol. The molecule has 0 aromatic carbocycles. The minimum absolute atomic E-state index is 0.672. The number of carbonyl (C=O) groups is 1. The number of carboxylic acid groups (broad SMARTS) is 1. The molecule has 0 fully saturated rings. The van der Waals surface area contributed by atoms with Gasteiger partial charge in [0.2, 0.25) is 0 Å². The zero-order valence-electron chi connectivity index (χ0n) is 8.12. The third kappa shape index (κ3) is 1.76. The smallest absolute Gasteiger partial charge is 0.328 e. The van der Waals surface area contributed by atoms with Crippen molar-refractivity contribution in [2.75, 3.05) is 0 Å². The Labute approximate surface area is 85.9 Å². The summed E-state index contributed by atoms with van der Waals surface area (Å²) < 4.78 is 6.56. The molecule has 1 N–H and O–H groups in total. The van der Waals surface area contributed by atoms with Crippen LogP contribution >= 0.6 is 0 Å². The number of aromatic nitrogens is 2. The van der Waals surface area contributed by atoms with Gasteiger partial charge in [-0.15, -0.1) is 0 Å². The summed E-state index contributed by atoms with van der Waals surface area (Å²) in [6.07, 6.45) is 4.79. The monoisotopic (exact) mass is 206 g/mol. The van der Waals surface area contributed by atoms with Gasteiger partial charge < -0.3 is 9.52 Å². The van der Waals surface area contributed by atoms with Gasteiger partial charge in [-0.3, -0.25) is 4.68 Å². The van der Waals surface area contributed by atoms with Crippen LogP contribution in [0.4, 0.5) is 0 Å². The van der Waals surface area contributed by atoms with Gasteiger partial charge in [-0.05, 0) is 19.1 Å². The van der Waals surface area contributed by atoms with Crippen molar-refractivity contribution in [1.82, 2.24) is 9.78 Å². The first-order chi connectivity index (χ1) is 7.18. The fourth-order valence-corrected chi connectivity index (χ4v) is 1.23. The Kier molecular flexibility index (Phi) is 2.29. The molecule has 1 unspecified atom stereocenters. The first kappa shape index (κ1) is 9.51. The lowest BCUT2D eigenvalue weighted by atomic mass is 10.3. The van der Waals surface area contributed by atoms with E-state index in [1.54, 1.807) is 37.7 Å². The highest BCUT2D eigenvalue weighted by Crippen LogP contribution is 2.20. The topological polar surface area (TPSA) is 68.3 Å². The summed E-state index contributed by atoms with van der Waals surface area (Å²) in [5.41, 5.74) is 0.771. The largest absolute Gasteiger partial charge is 0.480 e. The maximum absolute atomic E-state index is 10.7. The molecule has 5 heteroatoms. The first-order valence-electron chi connectivity index (χ1n) is 4.49. The summed E-state index contributed by atoms with van der Waals surface area (Å²) in [5, 5.41) is 12.8. The van der Waals surface area contributed by atoms with E-state index in [-0.39, 0.29) is 0 Å². The molecule has 0 saturated carbocycles. The lowest BCUT2D eigenvalue weighted by Crippen LogP contribution is -2.15. The molecule has 0 aliphatic heterocycles.